The van der Waals surface area contributed by atoms with Crippen molar-refractivity contribution in [2.24, 2.45) is 5.92 Å². The maximum Gasteiger partial charge on any atom is 0.313 e. The van der Waals surface area contributed by atoms with Crippen LogP contribution in [0, 0.1) is 5.92 Å². The molecule has 1 aliphatic rings. The zero-order chi connectivity index (χ0) is 19.8. The molecule has 28 heavy (non-hydrogen) atoms. The van der Waals surface area contributed by atoms with Gasteiger partial charge in [0, 0.05) is 37.7 Å². The number of hydrogen-bond acceptors (Lipinski definition) is 6. The Morgan fingerprint density at radius 2 is 1.79 bits per heavy atom. The fourth-order valence-corrected chi connectivity index (χ4v) is 3.10. The van der Waals surface area contributed by atoms with Crippen molar-refractivity contribution < 1.29 is 14.3 Å². The summed E-state index contributed by atoms with van der Waals surface area (Å²) < 4.78 is 5.35. The Balaban J connectivity index is 1.40. The lowest BCUT2D eigenvalue weighted by Crippen LogP contribution is -2.42. The van der Waals surface area contributed by atoms with Crippen molar-refractivity contribution in [3.63, 3.8) is 0 Å². The minimum Gasteiger partial charge on any atom is -0.494 e. The first-order valence-electron chi connectivity index (χ1n) is 9.49. The van der Waals surface area contributed by atoms with Crippen LogP contribution in [0.25, 0.3) is 0 Å². The highest BCUT2D eigenvalue weighted by atomic mass is 16.5. The van der Waals surface area contributed by atoms with Gasteiger partial charge in [-0.15, -0.1) is 0 Å². The Morgan fingerprint density at radius 3 is 2.43 bits per heavy atom. The lowest BCUT2D eigenvalue weighted by atomic mass is 9.97. The maximum absolute atomic E-state index is 12.1. The molecule has 0 saturated carbocycles. The number of anilines is 2. The standard InChI is InChI=1S/C20H25N5O3/c1-2-28-17-6-4-16(5-7-17)24-19(27)18(26)23-14-15-8-12-25(13-9-15)20-21-10-3-11-22-20/h3-7,10-11,15H,2,8-9,12-14H2,1H3,(H,23,26)(H,24,27). The first kappa shape index (κ1) is 19.6. The number of carbonyl (C=O) groups excluding carboxylic acids is 2. The van der Waals surface area contributed by atoms with Gasteiger partial charge in [-0.25, -0.2) is 9.97 Å². The summed E-state index contributed by atoms with van der Waals surface area (Å²) in [7, 11) is 0. The van der Waals surface area contributed by atoms with Gasteiger partial charge in [0.15, 0.2) is 0 Å². The molecule has 8 heteroatoms. The summed E-state index contributed by atoms with van der Waals surface area (Å²) in [4.78, 5) is 34.8. The monoisotopic (exact) mass is 383 g/mol. The van der Waals surface area contributed by atoms with Crippen molar-refractivity contribution in [1.82, 2.24) is 15.3 Å². The van der Waals surface area contributed by atoms with Crippen LogP contribution in [0.5, 0.6) is 5.75 Å². The van der Waals surface area contributed by atoms with Gasteiger partial charge in [-0.1, -0.05) is 0 Å². The molecular formula is C20H25N5O3. The molecule has 0 bridgehead atoms. The Labute approximate surface area is 164 Å². The van der Waals surface area contributed by atoms with Crippen molar-refractivity contribution in [2.75, 3.05) is 36.5 Å². The maximum atomic E-state index is 12.1. The molecule has 0 aliphatic carbocycles. The van der Waals surface area contributed by atoms with E-state index >= 15 is 0 Å². The van der Waals surface area contributed by atoms with Crippen LogP contribution < -0.4 is 20.3 Å². The Bertz CT molecular complexity index is 774. The zero-order valence-corrected chi connectivity index (χ0v) is 15.9. The second-order valence-electron chi connectivity index (χ2n) is 6.60. The Kier molecular flexibility index (Phi) is 6.78. The normalized spacial score (nSPS) is 14.4. The van der Waals surface area contributed by atoms with E-state index < -0.39 is 11.8 Å². The Hall–Kier alpha value is -3.16. The summed E-state index contributed by atoms with van der Waals surface area (Å²) in [6.07, 6.45) is 5.30. The van der Waals surface area contributed by atoms with Crippen molar-refractivity contribution >= 4 is 23.5 Å². The fraction of sp³-hybridized carbons (Fsp3) is 0.400. The molecule has 0 atom stereocenters. The van der Waals surface area contributed by atoms with Crippen molar-refractivity contribution in [3.8, 4) is 5.75 Å². The van der Waals surface area contributed by atoms with Gasteiger partial charge in [-0.3, -0.25) is 9.59 Å². The predicted molar refractivity (Wildman–Crippen MR) is 106 cm³/mol. The minimum absolute atomic E-state index is 0.335. The van der Waals surface area contributed by atoms with Crippen molar-refractivity contribution in [3.05, 3.63) is 42.7 Å². The van der Waals surface area contributed by atoms with Gasteiger partial charge in [0.25, 0.3) is 0 Å². The van der Waals surface area contributed by atoms with Gasteiger partial charge in [0.05, 0.1) is 6.61 Å². The summed E-state index contributed by atoms with van der Waals surface area (Å²) in [6.45, 7) is 4.63. The number of amides is 2. The number of hydrogen-bond donors (Lipinski definition) is 2. The smallest absolute Gasteiger partial charge is 0.313 e. The van der Waals surface area contributed by atoms with Gasteiger partial charge in [0.1, 0.15) is 5.75 Å². The highest BCUT2D eigenvalue weighted by Crippen LogP contribution is 2.19. The van der Waals surface area contributed by atoms with E-state index in [1.54, 1.807) is 42.7 Å². The first-order valence-corrected chi connectivity index (χ1v) is 9.49. The van der Waals surface area contributed by atoms with Gasteiger partial charge >= 0.3 is 11.8 Å². The molecule has 8 nitrogen and oxygen atoms in total. The number of aromatic nitrogens is 2. The van der Waals surface area contributed by atoms with Crippen LogP contribution in [0.2, 0.25) is 0 Å². The van der Waals surface area contributed by atoms with Gasteiger partial charge in [-0.05, 0) is 56.0 Å². The molecule has 2 heterocycles. The molecule has 2 N–H and O–H groups in total. The van der Waals surface area contributed by atoms with E-state index in [1.807, 2.05) is 6.92 Å². The zero-order valence-electron chi connectivity index (χ0n) is 15.9. The molecule has 1 saturated heterocycles. The van der Waals surface area contributed by atoms with E-state index in [-0.39, 0.29) is 0 Å². The lowest BCUT2D eigenvalue weighted by molar-refractivity contribution is -0.136. The van der Waals surface area contributed by atoms with E-state index in [9.17, 15) is 9.59 Å². The molecule has 0 unspecified atom stereocenters. The van der Waals surface area contributed by atoms with E-state index in [4.69, 9.17) is 4.74 Å². The summed E-state index contributed by atoms with van der Waals surface area (Å²) in [5.41, 5.74) is 0.555. The third-order valence-corrected chi connectivity index (χ3v) is 4.63. The predicted octanol–water partition coefficient (Wildman–Crippen LogP) is 1.85. The van der Waals surface area contributed by atoms with Crippen LogP contribution in [0.3, 0.4) is 0 Å². The highest BCUT2D eigenvalue weighted by molar-refractivity contribution is 6.39. The molecule has 1 aliphatic heterocycles. The van der Waals surface area contributed by atoms with Gasteiger partial charge < -0.3 is 20.3 Å². The van der Waals surface area contributed by atoms with Gasteiger partial charge in [-0.2, -0.15) is 0 Å². The van der Waals surface area contributed by atoms with E-state index in [0.717, 1.165) is 37.6 Å². The first-order chi connectivity index (χ1) is 13.7. The average Bonchev–Trinajstić information content (AvgIpc) is 2.74. The number of carbonyl (C=O) groups is 2. The number of piperidine rings is 1. The molecule has 0 radical (unpaired) electrons. The minimum atomic E-state index is -0.667. The van der Waals surface area contributed by atoms with Crippen LogP contribution in [-0.2, 0) is 9.59 Å². The molecule has 2 aromatic rings. The largest absolute Gasteiger partial charge is 0.494 e. The van der Waals surface area contributed by atoms with Crippen molar-refractivity contribution in [2.45, 2.75) is 19.8 Å². The third kappa shape index (κ3) is 5.42. The van der Waals surface area contributed by atoms with Crippen LogP contribution in [0.1, 0.15) is 19.8 Å². The van der Waals surface area contributed by atoms with Gasteiger partial charge in [0.2, 0.25) is 5.95 Å². The van der Waals surface area contributed by atoms with Crippen LogP contribution in [0.15, 0.2) is 42.7 Å². The lowest BCUT2D eigenvalue weighted by Gasteiger charge is -2.31. The molecule has 1 fully saturated rings. The topological polar surface area (TPSA) is 96.4 Å². The molecule has 148 valence electrons. The summed E-state index contributed by atoms with van der Waals surface area (Å²) >= 11 is 0. The quantitative estimate of drug-likeness (QED) is 0.739. The van der Waals surface area contributed by atoms with Crippen LogP contribution >= 0.6 is 0 Å². The van der Waals surface area contributed by atoms with Crippen LogP contribution in [0.4, 0.5) is 11.6 Å². The van der Waals surface area contributed by atoms with E-state index in [0.29, 0.717) is 24.8 Å². The van der Waals surface area contributed by atoms with E-state index in [2.05, 4.69) is 25.5 Å². The highest BCUT2D eigenvalue weighted by Gasteiger charge is 2.22. The number of nitrogens with zero attached hydrogens (tertiary/aromatic N) is 3. The molecule has 0 spiro atoms. The summed E-state index contributed by atoms with van der Waals surface area (Å²) in [5.74, 6) is 0.501. The molecule has 1 aromatic heterocycles. The number of benzene rings is 1. The van der Waals surface area contributed by atoms with Crippen LogP contribution in [-0.4, -0.2) is 48.0 Å². The molecular weight excluding hydrogens is 358 g/mol. The molecule has 1 aromatic carbocycles. The average molecular weight is 383 g/mol. The third-order valence-electron chi connectivity index (χ3n) is 4.63. The number of nitrogens with one attached hydrogen (secondary N) is 2. The second kappa shape index (κ2) is 9.68. The van der Waals surface area contributed by atoms with Crippen molar-refractivity contribution in [1.29, 1.82) is 0 Å². The molecule has 2 amide bonds. The summed E-state index contributed by atoms with van der Waals surface area (Å²) in [6, 6.07) is 8.71. The Morgan fingerprint density at radius 1 is 1.11 bits per heavy atom. The van der Waals surface area contributed by atoms with E-state index in [1.165, 1.54) is 0 Å². The summed E-state index contributed by atoms with van der Waals surface area (Å²) in [5, 5.41) is 5.33. The SMILES string of the molecule is CCOc1ccc(NC(=O)C(=O)NCC2CCN(c3ncccn3)CC2)cc1. The fourth-order valence-electron chi connectivity index (χ4n) is 3.10. The molecule has 3 rings (SSSR count). The number of rotatable bonds is 6. The number of ether oxygens (including phenoxy) is 1. The second-order valence-corrected chi connectivity index (χ2v) is 6.60.